The Labute approximate surface area is 112 Å². The lowest BCUT2D eigenvalue weighted by Crippen LogP contribution is -1.89. The highest BCUT2D eigenvalue weighted by molar-refractivity contribution is 9.10. The average molecular weight is 306 g/mol. The molecule has 0 amide bonds. The van der Waals surface area contributed by atoms with Crippen LogP contribution in [0.25, 0.3) is 0 Å². The first kappa shape index (κ1) is 12.0. The summed E-state index contributed by atoms with van der Waals surface area (Å²) in [4.78, 5) is 5.10. The largest absolute Gasteiger partial charge is 0.399 e. The highest BCUT2D eigenvalue weighted by Crippen LogP contribution is 2.33. The third-order valence-corrected chi connectivity index (χ3v) is 4.05. The summed E-state index contributed by atoms with van der Waals surface area (Å²) >= 11 is 4.86. The van der Waals surface area contributed by atoms with E-state index in [4.69, 9.17) is 11.0 Å². The van der Waals surface area contributed by atoms with E-state index in [0.29, 0.717) is 11.3 Å². The molecule has 5 heteroatoms. The van der Waals surface area contributed by atoms with Crippen molar-refractivity contribution in [3.8, 4) is 6.07 Å². The lowest BCUT2D eigenvalue weighted by atomic mass is 10.2. The summed E-state index contributed by atoms with van der Waals surface area (Å²) in [6.45, 7) is 0. The van der Waals surface area contributed by atoms with Gasteiger partial charge in [0.1, 0.15) is 11.1 Å². The molecule has 84 valence electrons. The summed E-state index contributed by atoms with van der Waals surface area (Å²) in [5.74, 6) is 0. The summed E-state index contributed by atoms with van der Waals surface area (Å²) in [5, 5.41) is 9.87. The maximum absolute atomic E-state index is 9.04. The summed E-state index contributed by atoms with van der Waals surface area (Å²) in [6.07, 6.45) is 1.72. The van der Waals surface area contributed by atoms with Crippen molar-refractivity contribution in [2.75, 3.05) is 5.73 Å². The van der Waals surface area contributed by atoms with E-state index in [-0.39, 0.29) is 0 Å². The van der Waals surface area contributed by atoms with Crippen molar-refractivity contribution in [1.82, 2.24) is 4.98 Å². The number of hydrogen-bond acceptors (Lipinski definition) is 4. The number of anilines is 1. The van der Waals surface area contributed by atoms with E-state index in [9.17, 15) is 0 Å². The minimum Gasteiger partial charge on any atom is -0.399 e. The molecule has 1 aromatic carbocycles. The van der Waals surface area contributed by atoms with Gasteiger partial charge in [0.05, 0.1) is 10.0 Å². The van der Waals surface area contributed by atoms with Gasteiger partial charge >= 0.3 is 0 Å². The Morgan fingerprint density at radius 1 is 1.35 bits per heavy atom. The van der Waals surface area contributed by atoms with Gasteiger partial charge in [0.15, 0.2) is 0 Å². The van der Waals surface area contributed by atoms with Crippen LogP contribution >= 0.6 is 27.7 Å². The Bertz CT molecular complexity index is 593. The fourth-order valence-corrected chi connectivity index (χ4v) is 2.61. The summed E-state index contributed by atoms with van der Waals surface area (Å²) < 4.78 is 0.908. The fourth-order valence-electron chi connectivity index (χ4n) is 1.27. The topological polar surface area (TPSA) is 62.7 Å². The van der Waals surface area contributed by atoms with Gasteiger partial charge in [-0.15, -0.1) is 0 Å². The first-order valence-electron chi connectivity index (χ1n) is 4.78. The highest BCUT2D eigenvalue weighted by Gasteiger charge is 2.07. The van der Waals surface area contributed by atoms with Gasteiger partial charge in [0.25, 0.3) is 0 Å². The molecule has 0 fully saturated rings. The van der Waals surface area contributed by atoms with Crippen LogP contribution in [-0.4, -0.2) is 4.98 Å². The number of pyridine rings is 1. The number of aromatic nitrogens is 1. The second-order valence-corrected chi connectivity index (χ2v) is 5.14. The number of nitrogens with zero attached hydrogens (tertiary/aromatic N) is 2. The molecule has 0 aliphatic carbocycles. The molecule has 0 unspecified atom stereocenters. The van der Waals surface area contributed by atoms with Gasteiger partial charge in [-0.25, -0.2) is 4.98 Å². The van der Waals surface area contributed by atoms with Crippen molar-refractivity contribution >= 4 is 33.4 Å². The van der Waals surface area contributed by atoms with E-state index >= 15 is 0 Å². The highest BCUT2D eigenvalue weighted by atomic mass is 79.9. The molecule has 2 aromatic rings. The first-order valence-corrected chi connectivity index (χ1v) is 6.39. The van der Waals surface area contributed by atoms with Gasteiger partial charge in [-0.3, -0.25) is 0 Å². The zero-order valence-corrected chi connectivity index (χ0v) is 11.1. The molecule has 0 atom stereocenters. The molecule has 0 radical (unpaired) electrons. The maximum atomic E-state index is 9.04. The number of hydrogen-bond donors (Lipinski definition) is 1. The zero-order valence-electron chi connectivity index (χ0n) is 8.72. The molecule has 0 aliphatic rings. The van der Waals surface area contributed by atoms with E-state index in [1.165, 1.54) is 11.8 Å². The Hall–Kier alpha value is -1.51. The van der Waals surface area contributed by atoms with E-state index in [1.807, 2.05) is 18.2 Å². The molecule has 1 heterocycles. The van der Waals surface area contributed by atoms with Crippen LogP contribution in [0.15, 0.2) is 50.9 Å². The van der Waals surface area contributed by atoms with E-state index in [2.05, 4.69) is 27.0 Å². The molecule has 0 aliphatic heterocycles. The molecule has 0 spiro atoms. The molecule has 3 nitrogen and oxygen atoms in total. The van der Waals surface area contributed by atoms with Crippen molar-refractivity contribution < 1.29 is 0 Å². The minimum absolute atomic E-state index is 0.563. The van der Waals surface area contributed by atoms with Crippen LogP contribution in [0.3, 0.4) is 0 Å². The quantitative estimate of drug-likeness (QED) is 0.863. The van der Waals surface area contributed by atoms with Crippen LogP contribution in [0.4, 0.5) is 5.69 Å². The smallest absolute Gasteiger partial charge is 0.115 e. The number of nitrogen functional groups attached to an aromatic ring is 1. The van der Waals surface area contributed by atoms with Gasteiger partial charge in [-0.2, -0.15) is 5.26 Å². The second kappa shape index (κ2) is 5.21. The summed E-state index contributed by atoms with van der Waals surface area (Å²) in [7, 11) is 0. The van der Waals surface area contributed by atoms with Crippen molar-refractivity contribution in [1.29, 1.82) is 5.26 Å². The fraction of sp³-hybridized carbons (Fsp3) is 0. The van der Waals surface area contributed by atoms with Crippen molar-refractivity contribution in [3.05, 3.63) is 46.6 Å². The Balaban J connectivity index is 2.37. The van der Waals surface area contributed by atoms with Crippen LogP contribution in [0.5, 0.6) is 0 Å². The second-order valence-electron chi connectivity index (χ2n) is 3.26. The van der Waals surface area contributed by atoms with Crippen LogP contribution in [-0.2, 0) is 0 Å². The minimum atomic E-state index is 0.563. The number of benzene rings is 1. The standard InChI is InChI=1S/C12H8BrN3S/c13-10-2-1-5-16-12(10)17-11-4-3-9(15)6-8(11)7-14/h1-6H,15H2. The predicted molar refractivity (Wildman–Crippen MR) is 71.6 cm³/mol. The summed E-state index contributed by atoms with van der Waals surface area (Å²) in [6, 6.07) is 11.2. The number of rotatable bonds is 2. The van der Waals surface area contributed by atoms with Crippen molar-refractivity contribution in [3.63, 3.8) is 0 Å². The van der Waals surface area contributed by atoms with Gasteiger partial charge in [-0.05, 0) is 46.3 Å². The van der Waals surface area contributed by atoms with E-state index in [0.717, 1.165) is 14.4 Å². The number of nitrogens with two attached hydrogens (primary N) is 1. The van der Waals surface area contributed by atoms with E-state index < -0.39 is 0 Å². The molecule has 0 bridgehead atoms. The van der Waals surface area contributed by atoms with Crippen LogP contribution < -0.4 is 5.73 Å². The Morgan fingerprint density at radius 2 is 2.18 bits per heavy atom. The lowest BCUT2D eigenvalue weighted by molar-refractivity contribution is 1.11. The Morgan fingerprint density at radius 3 is 2.88 bits per heavy atom. The Kier molecular flexibility index (Phi) is 3.67. The predicted octanol–water partition coefficient (Wildman–Crippen LogP) is 3.45. The molecule has 2 rings (SSSR count). The van der Waals surface area contributed by atoms with Crippen LogP contribution in [0, 0.1) is 11.3 Å². The molecule has 17 heavy (non-hydrogen) atoms. The molecule has 2 N–H and O–H groups in total. The van der Waals surface area contributed by atoms with Crippen LogP contribution in [0.1, 0.15) is 5.56 Å². The first-order chi connectivity index (χ1) is 8.20. The number of halogens is 1. The average Bonchev–Trinajstić information content (AvgIpc) is 2.34. The van der Waals surface area contributed by atoms with Gasteiger partial charge in [0, 0.05) is 16.8 Å². The monoisotopic (exact) mass is 305 g/mol. The molecule has 1 aromatic heterocycles. The third-order valence-electron chi connectivity index (χ3n) is 2.06. The normalized spacial score (nSPS) is 9.88. The third kappa shape index (κ3) is 2.78. The van der Waals surface area contributed by atoms with Gasteiger partial charge in [0.2, 0.25) is 0 Å². The lowest BCUT2D eigenvalue weighted by Gasteiger charge is -2.05. The van der Waals surface area contributed by atoms with Gasteiger partial charge in [-0.1, -0.05) is 11.8 Å². The SMILES string of the molecule is N#Cc1cc(N)ccc1Sc1ncccc1Br. The van der Waals surface area contributed by atoms with Crippen LogP contribution in [0.2, 0.25) is 0 Å². The number of nitriles is 1. The van der Waals surface area contributed by atoms with Gasteiger partial charge < -0.3 is 5.73 Å². The molecular weight excluding hydrogens is 298 g/mol. The molecule has 0 saturated heterocycles. The van der Waals surface area contributed by atoms with Crippen molar-refractivity contribution in [2.45, 2.75) is 9.92 Å². The van der Waals surface area contributed by atoms with Crippen molar-refractivity contribution in [2.24, 2.45) is 0 Å². The van der Waals surface area contributed by atoms with E-state index in [1.54, 1.807) is 18.3 Å². The molecular formula is C12H8BrN3S. The molecule has 0 saturated carbocycles. The maximum Gasteiger partial charge on any atom is 0.115 e. The summed E-state index contributed by atoms with van der Waals surface area (Å²) in [5.41, 5.74) is 6.79. The zero-order chi connectivity index (χ0) is 12.3.